The Morgan fingerprint density at radius 3 is 2.63 bits per heavy atom. The van der Waals surface area contributed by atoms with Crippen LogP contribution in [0.3, 0.4) is 0 Å². The Hall–Kier alpha value is -0.910. The Morgan fingerprint density at radius 1 is 1.37 bits per heavy atom. The molecule has 1 aromatic rings. The lowest BCUT2D eigenvalue weighted by molar-refractivity contribution is -0.121. The average Bonchev–Trinajstić information content (AvgIpc) is 3.07. The summed E-state index contributed by atoms with van der Waals surface area (Å²) in [6.45, 7) is 0.612. The molecule has 0 aliphatic heterocycles. The molecule has 0 bridgehead atoms. The molecule has 4 nitrogen and oxygen atoms in total. The SMILES string of the molecule is O=C(CCC(=O)c1ccc(Cl)s1)NCC1(CO)CC1. The van der Waals surface area contributed by atoms with Gasteiger partial charge in [-0.1, -0.05) is 11.6 Å². The van der Waals surface area contributed by atoms with Gasteiger partial charge in [-0.3, -0.25) is 9.59 Å². The van der Waals surface area contributed by atoms with Gasteiger partial charge in [0.05, 0.1) is 15.8 Å². The minimum atomic E-state index is -0.143. The first-order valence-corrected chi connectivity index (χ1v) is 7.40. The van der Waals surface area contributed by atoms with Gasteiger partial charge in [0.2, 0.25) is 5.91 Å². The van der Waals surface area contributed by atoms with Gasteiger partial charge in [0.25, 0.3) is 0 Å². The van der Waals surface area contributed by atoms with Crippen molar-refractivity contribution in [2.24, 2.45) is 5.41 Å². The van der Waals surface area contributed by atoms with Crippen molar-refractivity contribution < 1.29 is 14.7 Å². The summed E-state index contributed by atoms with van der Waals surface area (Å²) in [6.07, 6.45) is 2.28. The van der Waals surface area contributed by atoms with Crippen LogP contribution in [0.1, 0.15) is 35.4 Å². The van der Waals surface area contributed by atoms with Crippen molar-refractivity contribution in [3.63, 3.8) is 0 Å². The van der Waals surface area contributed by atoms with Gasteiger partial charge < -0.3 is 10.4 Å². The van der Waals surface area contributed by atoms with Gasteiger partial charge >= 0.3 is 0 Å². The van der Waals surface area contributed by atoms with Crippen molar-refractivity contribution in [3.8, 4) is 0 Å². The van der Waals surface area contributed by atoms with Gasteiger partial charge in [0, 0.05) is 24.8 Å². The highest BCUT2D eigenvalue weighted by atomic mass is 35.5. The van der Waals surface area contributed by atoms with Crippen molar-refractivity contribution in [2.45, 2.75) is 25.7 Å². The predicted molar refractivity (Wildman–Crippen MR) is 74.7 cm³/mol. The summed E-state index contributed by atoms with van der Waals surface area (Å²) in [5.41, 5.74) is -0.0963. The number of halogens is 1. The molecule has 0 spiro atoms. The van der Waals surface area contributed by atoms with E-state index in [-0.39, 0.29) is 36.6 Å². The smallest absolute Gasteiger partial charge is 0.220 e. The maximum atomic E-state index is 11.8. The molecule has 1 aliphatic carbocycles. The van der Waals surface area contributed by atoms with Gasteiger partial charge in [-0.25, -0.2) is 0 Å². The summed E-state index contributed by atoms with van der Waals surface area (Å²) < 4.78 is 0.575. The van der Waals surface area contributed by atoms with E-state index in [1.165, 1.54) is 11.3 Å². The van der Waals surface area contributed by atoms with Crippen LogP contribution >= 0.6 is 22.9 Å². The van der Waals surface area contributed by atoms with Crippen LogP contribution in [0.15, 0.2) is 12.1 Å². The number of hydrogen-bond acceptors (Lipinski definition) is 4. The molecule has 1 aliphatic rings. The van der Waals surface area contributed by atoms with E-state index in [1.54, 1.807) is 12.1 Å². The molecule has 1 amide bonds. The normalized spacial score (nSPS) is 16.1. The van der Waals surface area contributed by atoms with Crippen LogP contribution in [0, 0.1) is 5.41 Å². The van der Waals surface area contributed by atoms with E-state index in [0.717, 1.165) is 12.8 Å². The first-order chi connectivity index (χ1) is 9.04. The fourth-order valence-corrected chi connectivity index (χ4v) is 2.77. The summed E-state index contributed by atoms with van der Waals surface area (Å²) in [6, 6.07) is 3.36. The number of nitrogens with one attached hydrogen (secondary N) is 1. The third-order valence-corrected chi connectivity index (χ3v) is 4.65. The van der Waals surface area contributed by atoms with Crippen LogP contribution in [0.4, 0.5) is 0 Å². The molecule has 1 aromatic heterocycles. The monoisotopic (exact) mass is 301 g/mol. The Balaban J connectivity index is 1.70. The third-order valence-electron chi connectivity index (χ3n) is 3.38. The van der Waals surface area contributed by atoms with Gasteiger partial charge in [-0.05, 0) is 25.0 Å². The molecule has 0 atom stereocenters. The first-order valence-electron chi connectivity index (χ1n) is 6.21. The number of Topliss-reactive ketones (excluding diaryl/α,β-unsaturated/α-hetero) is 1. The minimum absolute atomic E-state index is 0.0599. The van der Waals surface area contributed by atoms with Crippen molar-refractivity contribution in [3.05, 3.63) is 21.3 Å². The predicted octanol–water partition coefficient (Wildman–Crippen LogP) is 2.25. The second-order valence-corrected chi connectivity index (χ2v) is 6.68. The molecular weight excluding hydrogens is 286 g/mol. The second kappa shape index (κ2) is 6.03. The fourth-order valence-electron chi connectivity index (χ4n) is 1.76. The Labute approximate surface area is 120 Å². The van der Waals surface area contributed by atoms with E-state index >= 15 is 0 Å². The number of aliphatic hydroxyl groups excluding tert-OH is 1. The number of carbonyl (C=O) groups is 2. The molecule has 6 heteroatoms. The summed E-state index contributed by atoms with van der Waals surface area (Å²) in [5, 5.41) is 11.9. The lowest BCUT2D eigenvalue weighted by atomic mass is 10.1. The maximum Gasteiger partial charge on any atom is 0.220 e. The molecule has 104 valence electrons. The molecule has 0 radical (unpaired) electrons. The number of thiophene rings is 1. The van der Waals surface area contributed by atoms with Crippen molar-refractivity contribution >= 4 is 34.6 Å². The highest BCUT2D eigenvalue weighted by Gasteiger charge is 2.41. The highest BCUT2D eigenvalue weighted by Crippen LogP contribution is 2.44. The molecule has 0 saturated heterocycles. The molecule has 0 unspecified atom stereocenters. The number of aliphatic hydroxyl groups is 1. The van der Waals surface area contributed by atoms with Gasteiger partial charge in [0.1, 0.15) is 0 Å². The summed E-state index contributed by atoms with van der Waals surface area (Å²) in [7, 11) is 0. The van der Waals surface area contributed by atoms with Crippen LogP contribution < -0.4 is 5.32 Å². The summed E-state index contributed by atoms with van der Waals surface area (Å²) in [4.78, 5) is 24.0. The molecular formula is C13H16ClNO3S. The number of hydrogen-bond donors (Lipinski definition) is 2. The molecule has 1 saturated carbocycles. The van der Waals surface area contributed by atoms with Crippen molar-refractivity contribution in [1.29, 1.82) is 0 Å². The molecule has 2 rings (SSSR count). The zero-order valence-electron chi connectivity index (χ0n) is 10.4. The van der Waals surface area contributed by atoms with Crippen molar-refractivity contribution in [1.82, 2.24) is 5.32 Å². The van der Waals surface area contributed by atoms with E-state index in [0.29, 0.717) is 15.8 Å². The molecule has 2 N–H and O–H groups in total. The molecule has 0 aromatic carbocycles. The van der Waals surface area contributed by atoms with Crippen LogP contribution in [0.2, 0.25) is 4.34 Å². The zero-order valence-corrected chi connectivity index (χ0v) is 12.0. The van der Waals surface area contributed by atoms with Gasteiger partial charge in [0.15, 0.2) is 5.78 Å². The summed E-state index contributed by atoms with van der Waals surface area (Å²) >= 11 is 6.98. The Morgan fingerprint density at radius 2 is 2.11 bits per heavy atom. The van der Waals surface area contributed by atoms with Gasteiger partial charge in [-0.2, -0.15) is 0 Å². The molecule has 19 heavy (non-hydrogen) atoms. The topological polar surface area (TPSA) is 66.4 Å². The third kappa shape index (κ3) is 4.03. The number of ketones is 1. The van der Waals surface area contributed by atoms with Crippen LogP contribution in [-0.2, 0) is 4.79 Å². The largest absolute Gasteiger partial charge is 0.396 e. The van der Waals surface area contributed by atoms with E-state index < -0.39 is 0 Å². The van der Waals surface area contributed by atoms with Crippen LogP contribution in [-0.4, -0.2) is 29.9 Å². The first kappa shape index (κ1) is 14.5. The number of amides is 1. The van der Waals surface area contributed by atoms with E-state index in [9.17, 15) is 9.59 Å². The zero-order chi connectivity index (χ0) is 13.9. The fraction of sp³-hybridized carbons (Fsp3) is 0.538. The lowest BCUT2D eigenvalue weighted by Crippen LogP contribution is -2.31. The van der Waals surface area contributed by atoms with Crippen molar-refractivity contribution in [2.75, 3.05) is 13.2 Å². The quantitative estimate of drug-likeness (QED) is 0.759. The highest BCUT2D eigenvalue weighted by molar-refractivity contribution is 7.18. The van der Waals surface area contributed by atoms with Gasteiger partial charge in [-0.15, -0.1) is 11.3 Å². The minimum Gasteiger partial charge on any atom is -0.396 e. The Bertz CT molecular complexity index is 482. The van der Waals surface area contributed by atoms with E-state index in [1.807, 2.05) is 0 Å². The summed E-state index contributed by atoms with van der Waals surface area (Å²) in [5.74, 6) is -0.203. The standard InChI is InChI=1S/C13H16ClNO3S/c14-11-3-2-10(19-11)9(17)1-4-12(18)15-7-13(8-16)5-6-13/h2-3,16H,1,4-8H2,(H,15,18). The lowest BCUT2D eigenvalue weighted by Gasteiger charge is -2.12. The Kier molecular flexibility index (Phi) is 4.60. The maximum absolute atomic E-state index is 11.8. The van der Waals surface area contributed by atoms with E-state index in [2.05, 4.69) is 5.32 Å². The number of rotatable bonds is 7. The molecule has 1 heterocycles. The average molecular weight is 302 g/mol. The van der Waals surface area contributed by atoms with E-state index in [4.69, 9.17) is 16.7 Å². The number of carbonyl (C=O) groups excluding carboxylic acids is 2. The van der Waals surface area contributed by atoms with Crippen LogP contribution in [0.5, 0.6) is 0 Å². The second-order valence-electron chi connectivity index (χ2n) is 4.96. The van der Waals surface area contributed by atoms with Crippen LogP contribution in [0.25, 0.3) is 0 Å². The molecule has 1 fully saturated rings.